The normalized spacial score (nSPS) is 13.6. The number of aromatic nitrogens is 2. The number of aliphatic hydroxyl groups is 1. The molecule has 0 aliphatic rings. The second kappa shape index (κ2) is 11.4. The molecule has 0 aliphatic heterocycles. The Labute approximate surface area is 186 Å². The van der Waals surface area contributed by atoms with Crippen LogP contribution >= 0.6 is 11.6 Å². The average Bonchev–Trinajstić information content (AvgIpc) is 2.76. The molecule has 0 radical (unpaired) electrons. The molecule has 3 rings (SSSR count). The lowest BCUT2D eigenvalue weighted by molar-refractivity contribution is -0.0192. The highest BCUT2D eigenvalue weighted by atomic mass is 35.5. The maximum atomic E-state index is 12.3. The number of nitrogens with zero attached hydrogens (tertiary/aromatic N) is 2. The third kappa shape index (κ3) is 6.85. The molecule has 8 heteroatoms. The molecule has 31 heavy (non-hydrogen) atoms. The van der Waals surface area contributed by atoms with Crippen LogP contribution < -0.4 is 5.56 Å². The Morgan fingerprint density at radius 1 is 1.19 bits per heavy atom. The van der Waals surface area contributed by atoms with Gasteiger partial charge < -0.3 is 19.6 Å². The summed E-state index contributed by atoms with van der Waals surface area (Å²) in [7, 11) is 1.63. The number of halogens is 1. The fourth-order valence-electron chi connectivity index (χ4n) is 3.31. The van der Waals surface area contributed by atoms with E-state index in [4.69, 9.17) is 21.1 Å². The minimum Gasteiger partial charge on any atom is -0.389 e. The molecule has 0 aliphatic carbocycles. The first-order valence-corrected chi connectivity index (χ1v) is 10.6. The first-order valence-electron chi connectivity index (χ1n) is 10.2. The van der Waals surface area contributed by atoms with Gasteiger partial charge in [0.15, 0.2) is 0 Å². The summed E-state index contributed by atoms with van der Waals surface area (Å²) < 4.78 is 11.0. The summed E-state index contributed by atoms with van der Waals surface area (Å²) in [6, 6.07) is 14.7. The van der Waals surface area contributed by atoms with E-state index in [0.29, 0.717) is 48.0 Å². The van der Waals surface area contributed by atoms with Crippen LogP contribution in [-0.4, -0.2) is 59.5 Å². The van der Waals surface area contributed by atoms with Crippen molar-refractivity contribution in [1.82, 2.24) is 14.9 Å². The van der Waals surface area contributed by atoms with Crippen molar-refractivity contribution in [2.75, 3.05) is 33.4 Å². The van der Waals surface area contributed by atoms with Gasteiger partial charge in [-0.15, -0.1) is 0 Å². The van der Waals surface area contributed by atoms with Crippen LogP contribution in [0.5, 0.6) is 0 Å². The van der Waals surface area contributed by atoms with E-state index >= 15 is 0 Å². The Bertz CT molecular complexity index is 1030. The predicted octanol–water partition coefficient (Wildman–Crippen LogP) is 3.16. The topological polar surface area (TPSA) is 87.7 Å². The molecule has 7 nitrogen and oxygen atoms in total. The van der Waals surface area contributed by atoms with Gasteiger partial charge in [-0.05, 0) is 36.8 Å². The molecule has 0 saturated heterocycles. The molecule has 2 atom stereocenters. The summed E-state index contributed by atoms with van der Waals surface area (Å²) in [6.45, 7) is 3.92. The van der Waals surface area contributed by atoms with Crippen LogP contribution in [0.4, 0.5) is 0 Å². The van der Waals surface area contributed by atoms with E-state index < -0.39 is 6.10 Å². The Kier molecular flexibility index (Phi) is 8.57. The maximum absolute atomic E-state index is 12.3. The van der Waals surface area contributed by atoms with Crippen LogP contribution in [0.25, 0.3) is 10.9 Å². The molecular weight excluding hydrogens is 418 g/mol. The minimum atomic E-state index is -0.709. The van der Waals surface area contributed by atoms with Gasteiger partial charge in [0.1, 0.15) is 5.82 Å². The van der Waals surface area contributed by atoms with Crippen LogP contribution in [0.3, 0.4) is 0 Å². The molecule has 0 spiro atoms. The van der Waals surface area contributed by atoms with Crippen molar-refractivity contribution in [1.29, 1.82) is 0 Å². The Morgan fingerprint density at radius 2 is 1.94 bits per heavy atom. The summed E-state index contributed by atoms with van der Waals surface area (Å²) >= 11 is 5.93. The number of para-hydroxylation sites is 1. The highest BCUT2D eigenvalue weighted by Crippen LogP contribution is 2.19. The van der Waals surface area contributed by atoms with E-state index in [-0.39, 0.29) is 18.3 Å². The molecule has 2 aromatic carbocycles. The Hall–Kier alpha value is -2.29. The summed E-state index contributed by atoms with van der Waals surface area (Å²) in [5.41, 5.74) is 1.47. The number of aliphatic hydroxyl groups excluding tert-OH is 1. The highest BCUT2D eigenvalue weighted by Gasteiger charge is 2.16. The van der Waals surface area contributed by atoms with E-state index in [9.17, 15) is 9.90 Å². The van der Waals surface area contributed by atoms with Gasteiger partial charge in [0, 0.05) is 25.2 Å². The number of nitrogens with one attached hydrogen (secondary N) is 1. The van der Waals surface area contributed by atoms with Crippen LogP contribution in [0, 0.1) is 0 Å². The van der Waals surface area contributed by atoms with Gasteiger partial charge in [-0.25, -0.2) is 4.98 Å². The quantitative estimate of drug-likeness (QED) is 0.471. The Morgan fingerprint density at radius 3 is 2.68 bits per heavy atom. The minimum absolute atomic E-state index is 0.169. The molecule has 2 N–H and O–H groups in total. The van der Waals surface area contributed by atoms with Crippen molar-refractivity contribution in [3.05, 3.63) is 75.3 Å². The number of benzene rings is 2. The smallest absolute Gasteiger partial charge is 0.258 e. The number of ether oxygens (including phenoxy) is 2. The summed E-state index contributed by atoms with van der Waals surface area (Å²) in [5.74, 6) is 0.544. The van der Waals surface area contributed by atoms with Gasteiger partial charge in [-0.3, -0.25) is 9.69 Å². The van der Waals surface area contributed by atoms with Gasteiger partial charge >= 0.3 is 0 Å². The lowest BCUT2D eigenvalue weighted by Gasteiger charge is -2.25. The fraction of sp³-hybridized carbons (Fsp3) is 0.391. The number of rotatable bonds is 11. The molecule has 3 aromatic rings. The predicted molar refractivity (Wildman–Crippen MR) is 121 cm³/mol. The molecule has 1 aromatic heterocycles. The van der Waals surface area contributed by atoms with Crippen molar-refractivity contribution in [2.24, 2.45) is 0 Å². The van der Waals surface area contributed by atoms with Gasteiger partial charge in [0.2, 0.25) is 0 Å². The van der Waals surface area contributed by atoms with Crippen molar-refractivity contribution in [2.45, 2.75) is 25.7 Å². The number of methoxy groups -OCH3 is 1. The van der Waals surface area contributed by atoms with Crippen LogP contribution in [0.1, 0.15) is 24.4 Å². The van der Waals surface area contributed by atoms with Crippen LogP contribution in [0.15, 0.2) is 53.3 Å². The first kappa shape index (κ1) is 23.4. The second-order valence-electron chi connectivity index (χ2n) is 7.44. The van der Waals surface area contributed by atoms with Gasteiger partial charge in [0.05, 0.1) is 42.9 Å². The van der Waals surface area contributed by atoms with Crippen molar-refractivity contribution in [3.63, 3.8) is 0 Å². The van der Waals surface area contributed by atoms with Crippen molar-refractivity contribution >= 4 is 22.5 Å². The summed E-state index contributed by atoms with van der Waals surface area (Å²) in [4.78, 5) is 21.7. The largest absolute Gasteiger partial charge is 0.389 e. The average molecular weight is 446 g/mol. The molecule has 1 heterocycles. The monoisotopic (exact) mass is 445 g/mol. The third-order valence-electron chi connectivity index (χ3n) is 4.99. The van der Waals surface area contributed by atoms with Gasteiger partial charge in [0.25, 0.3) is 5.56 Å². The third-order valence-corrected chi connectivity index (χ3v) is 5.25. The van der Waals surface area contributed by atoms with E-state index in [2.05, 4.69) is 9.97 Å². The second-order valence-corrected chi connectivity index (χ2v) is 7.88. The summed E-state index contributed by atoms with van der Waals surface area (Å²) in [5, 5.41) is 11.8. The standard InChI is InChI=1S/C23H28ClN3O4/c1-16(17-7-9-18(24)10-8-17)31-15-19(28)13-27(11-12-30-2)14-22-25-21-6-4-3-5-20(21)23(29)26-22/h3-10,16,19,28H,11-15H2,1-2H3,(H,25,26,29)/t16-,19+/m1/s1. The number of H-pyrrole nitrogens is 1. The molecule has 166 valence electrons. The zero-order valence-electron chi connectivity index (χ0n) is 17.8. The van der Waals surface area contributed by atoms with Gasteiger partial charge in [-0.2, -0.15) is 0 Å². The van der Waals surface area contributed by atoms with Gasteiger partial charge in [-0.1, -0.05) is 35.9 Å². The molecule has 0 fully saturated rings. The van der Waals surface area contributed by atoms with Crippen LogP contribution in [-0.2, 0) is 16.0 Å². The lowest BCUT2D eigenvalue weighted by atomic mass is 10.1. The zero-order chi connectivity index (χ0) is 22.2. The van der Waals surface area contributed by atoms with E-state index in [0.717, 1.165) is 5.56 Å². The van der Waals surface area contributed by atoms with Crippen molar-refractivity contribution < 1.29 is 14.6 Å². The number of hydrogen-bond acceptors (Lipinski definition) is 6. The summed E-state index contributed by atoms with van der Waals surface area (Å²) in [6.07, 6.45) is -0.878. The molecule has 0 unspecified atom stereocenters. The Balaban J connectivity index is 1.61. The maximum Gasteiger partial charge on any atom is 0.258 e. The zero-order valence-corrected chi connectivity index (χ0v) is 18.5. The van der Waals surface area contributed by atoms with E-state index in [1.807, 2.05) is 54.3 Å². The highest BCUT2D eigenvalue weighted by molar-refractivity contribution is 6.30. The van der Waals surface area contributed by atoms with Crippen LogP contribution in [0.2, 0.25) is 5.02 Å². The number of aromatic amines is 1. The van der Waals surface area contributed by atoms with Crippen molar-refractivity contribution in [3.8, 4) is 0 Å². The molecule has 0 saturated carbocycles. The van der Waals surface area contributed by atoms with E-state index in [1.54, 1.807) is 13.2 Å². The van der Waals surface area contributed by atoms with E-state index in [1.165, 1.54) is 0 Å². The molecular formula is C23H28ClN3O4. The first-order chi connectivity index (χ1) is 15.0. The molecule has 0 bridgehead atoms. The number of fused-ring (bicyclic) bond motifs is 1. The number of hydrogen-bond donors (Lipinski definition) is 2. The SMILES string of the molecule is COCCN(Cc1nc2ccccc2c(=O)[nH]1)C[C@H](O)CO[C@H](C)c1ccc(Cl)cc1. The molecule has 0 amide bonds. The fourth-order valence-corrected chi connectivity index (χ4v) is 3.44. The lowest BCUT2D eigenvalue weighted by Crippen LogP contribution is -2.37.